The van der Waals surface area contributed by atoms with E-state index in [2.05, 4.69) is 48.4 Å². The van der Waals surface area contributed by atoms with E-state index >= 15 is 0 Å². The van der Waals surface area contributed by atoms with Gasteiger partial charge in [-0.15, -0.1) is 0 Å². The Labute approximate surface area is 108 Å². The SMILES string of the molecule is CC1(C)CC1CNCc1cncc2ccccc12. The highest BCUT2D eigenvalue weighted by molar-refractivity contribution is 5.84. The molecular weight excluding hydrogens is 220 g/mol. The molecule has 1 heterocycles. The second-order valence-electron chi connectivity index (χ2n) is 6.04. The van der Waals surface area contributed by atoms with Crippen LogP contribution in [0, 0.1) is 11.3 Å². The highest BCUT2D eigenvalue weighted by Gasteiger charge is 2.44. The third-order valence-electron chi connectivity index (χ3n) is 4.17. The van der Waals surface area contributed by atoms with Crippen molar-refractivity contribution in [3.05, 3.63) is 42.2 Å². The van der Waals surface area contributed by atoms with E-state index < -0.39 is 0 Å². The molecule has 1 aliphatic carbocycles. The summed E-state index contributed by atoms with van der Waals surface area (Å²) < 4.78 is 0. The summed E-state index contributed by atoms with van der Waals surface area (Å²) in [5.41, 5.74) is 1.86. The number of nitrogens with one attached hydrogen (secondary N) is 1. The number of hydrogen-bond acceptors (Lipinski definition) is 2. The molecular formula is C16H20N2. The first-order valence-electron chi connectivity index (χ1n) is 6.69. The molecule has 1 aliphatic rings. The highest BCUT2D eigenvalue weighted by atomic mass is 14.9. The van der Waals surface area contributed by atoms with Gasteiger partial charge in [-0.25, -0.2) is 0 Å². The monoisotopic (exact) mass is 240 g/mol. The van der Waals surface area contributed by atoms with Gasteiger partial charge in [-0.1, -0.05) is 38.1 Å². The average molecular weight is 240 g/mol. The van der Waals surface area contributed by atoms with Crippen molar-refractivity contribution in [2.75, 3.05) is 6.54 Å². The van der Waals surface area contributed by atoms with Gasteiger partial charge in [0.2, 0.25) is 0 Å². The van der Waals surface area contributed by atoms with E-state index in [-0.39, 0.29) is 0 Å². The van der Waals surface area contributed by atoms with Crippen LogP contribution in [0.2, 0.25) is 0 Å². The number of nitrogens with zero attached hydrogens (tertiary/aromatic N) is 1. The lowest BCUT2D eigenvalue weighted by Gasteiger charge is -2.08. The van der Waals surface area contributed by atoms with Gasteiger partial charge in [-0.3, -0.25) is 4.98 Å². The minimum absolute atomic E-state index is 0.560. The van der Waals surface area contributed by atoms with Crippen molar-refractivity contribution < 1.29 is 0 Å². The lowest BCUT2D eigenvalue weighted by Crippen LogP contribution is -2.18. The highest BCUT2D eigenvalue weighted by Crippen LogP contribution is 2.50. The molecule has 0 radical (unpaired) electrons. The van der Waals surface area contributed by atoms with Crippen LogP contribution < -0.4 is 5.32 Å². The van der Waals surface area contributed by atoms with Crippen LogP contribution in [0.3, 0.4) is 0 Å². The predicted octanol–water partition coefficient (Wildman–Crippen LogP) is 3.37. The molecule has 3 rings (SSSR count). The molecule has 1 N–H and O–H groups in total. The van der Waals surface area contributed by atoms with Crippen LogP contribution in [0.5, 0.6) is 0 Å². The van der Waals surface area contributed by atoms with E-state index in [4.69, 9.17) is 0 Å². The number of hydrogen-bond donors (Lipinski definition) is 1. The number of pyridine rings is 1. The quantitative estimate of drug-likeness (QED) is 0.886. The zero-order valence-electron chi connectivity index (χ0n) is 11.1. The second kappa shape index (κ2) is 4.36. The molecule has 1 atom stereocenters. The molecule has 0 bridgehead atoms. The van der Waals surface area contributed by atoms with Gasteiger partial charge in [0.25, 0.3) is 0 Å². The Morgan fingerprint density at radius 3 is 2.83 bits per heavy atom. The van der Waals surface area contributed by atoms with Crippen LogP contribution in [0.4, 0.5) is 0 Å². The van der Waals surface area contributed by atoms with Gasteiger partial charge in [0, 0.05) is 24.3 Å². The summed E-state index contributed by atoms with van der Waals surface area (Å²) in [7, 11) is 0. The van der Waals surface area contributed by atoms with Crippen LogP contribution >= 0.6 is 0 Å². The van der Waals surface area contributed by atoms with E-state index in [1.807, 2.05) is 12.4 Å². The van der Waals surface area contributed by atoms with Crippen molar-refractivity contribution in [3.63, 3.8) is 0 Å². The van der Waals surface area contributed by atoms with Crippen molar-refractivity contribution >= 4 is 10.8 Å². The summed E-state index contributed by atoms with van der Waals surface area (Å²) in [6.07, 6.45) is 5.27. The topological polar surface area (TPSA) is 24.9 Å². The van der Waals surface area contributed by atoms with Gasteiger partial charge in [0.1, 0.15) is 0 Å². The fourth-order valence-corrected chi connectivity index (χ4v) is 2.63. The second-order valence-corrected chi connectivity index (χ2v) is 6.04. The fraction of sp³-hybridized carbons (Fsp3) is 0.438. The van der Waals surface area contributed by atoms with Gasteiger partial charge in [-0.2, -0.15) is 0 Å². The molecule has 1 saturated carbocycles. The molecule has 0 spiro atoms. The number of fused-ring (bicyclic) bond motifs is 1. The molecule has 1 fully saturated rings. The third kappa shape index (κ3) is 2.25. The lowest BCUT2D eigenvalue weighted by molar-refractivity contribution is 0.520. The first kappa shape index (κ1) is 11.7. The zero-order chi connectivity index (χ0) is 12.6. The summed E-state index contributed by atoms with van der Waals surface area (Å²) in [5, 5.41) is 6.11. The minimum atomic E-state index is 0.560. The van der Waals surface area contributed by atoms with Crippen LogP contribution in [0.25, 0.3) is 10.8 Å². The number of benzene rings is 1. The van der Waals surface area contributed by atoms with Crippen LogP contribution in [0.1, 0.15) is 25.8 Å². The minimum Gasteiger partial charge on any atom is -0.312 e. The molecule has 2 aromatic rings. The maximum atomic E-state index is 4.31. The number of aromatic nitrogens is 1. The van der Waals surface area contributed by atoms with E-state index in [0.29, 0.717) is 5.41 Å². The summed E-state index contributed by atoms with van der Waals surface area (Å²) in [6, 6.07) is 8.45. The van der Waals surface area contributed by atoms with E-state index in [1.165, 1.54) is 22.8 Å². The standard InChI is InChI=1S/C16H20N2/c1-16(2)7-14(16)11-18-10-13-9-17-8-12-5-3-4-6-15(12)13/h3-6,8-9,14,18H,7,10-11H2,1-2H3. The fourth-order valence-electron chi connectivity index (χ4n) is 2.63. The summed E-state index contributed by atoms with van der Waals surface area (Å²) >= 11 is 0. The van der Waals surface area contributed by atoms with Gasteiger partial charge < -0.3 is 5.32 Å². The normalized spacial score (nSPS) is 21.1. The molecule has 1 aromatic carbocycles. The van der Waals surface area contributed by atoms with Gasteiger partial charge >= 0.3 is 0 Å². The molecule has 2 heteroatoms. The van der Waals surface area contributed by atoms with Crippen LogP contribution in [-0.4, -0.2) is 11.5 Å². The van der Waals surface area contributed by atoms with Crippen molar-refractivity contribution in [2.45, 2.75) is 26.8 Å². The largest absolute Gasteiger partial charge is 0.312 e. The number of rotatable bonds is 4. The smallest absolute Gasteiger partial charge is 0.0346 e. The zero-order valence-corrected chi connectivity index (χ0v) is 11.1. The molecule has 0 saturated heterocycles. The predicted molar refractivity (Wildman–Crippen MR) is 75.3 cm³/mol. The van der Waals surface area contributed by atoms with Crippen molar-refractivity contribution in [1.82, 2.24) is 10.3 Å². The molecule has 0 aliphatic heterocycles. The Bertz CT molecular complexity index is 555. The van der Waals surface area contributed by atoms with Crippen LogP contribution in [-0.2, 0) is 6.54 Å². The van der Waals surface area contributed by atoms with Crippen molar-refractivity contribution in [3.8, 4) is 0 Å². The maximum Gasteiger partial charge on any atom is 0.0346 e. The Hall–Kier alpha value is -1.41. The molecule has 0 amide bonds. The lowest BCUT2D eigenvalue weighted by atomic mass is 10.1. The molecule has 94 valence electrons. The Morgan fingerprint density at radius 1 is 1.28 bits per heavy atom. The Kier molecular flexibility index (Phi) is 2.83. The average Bonchev–Trinajstić information content (AvgIpc) is 2.97. The summed E-state index contributed by atoms with van der Waals surface area (Å²) in [5.74, 6) is 0.848. The first-order chi connectivity index (χ1) is 8.67. The van der Waals surface area contributed by atoms with Crippen molar-refractivity contribution in [1.29, 1.82) is 0 Å². The molecule has 18 heavy (non-hydrogen) atoms. The van der Waals surface area contributed by atoms with Crippen molar-refractivity contribution in [2.24, 2.45) is 11.3 Å². The van der Waals surface area contributed by atoms with Crippen LogP contribution in [0.15, 0.2) is 36.7 Å². The third-order valence-corrected chi connectivity index (χ3v) is 4.17. The van der Waals surface area contributed by atoms with E-state index in [1.54, 1.807) is 0 Å². The molecule has 2 nitrogen and oxygen atoms in total. The molecule has 1 aromatic heterocycles. The molecule has 1 unspecified atom stereocenters. The van der Waals surface area contributed by atoms with Gasteiger partial charge in [-0.05, 0) is 35.2 Å². The van der Waals surface area contributed by atoms with Gasteiger partial charge in [0.05, 0.1) is 0 Å². The van der Waals surface area contributed by atoms with E-state index in [9.17, 15) is 0 Å². The summed E-state index contributed by atoms with van der Waals surface area (Å²) in [6.45, 7) is 6.73. The first-order valence-corrected chi connectivity index (χ1v) is 6.69. The van der Waals surface area contributed by atoms with E-state index in [0.717, 1.165) is 19.0 Å². The maximum absolute atomic E-state index is 4.31. The Balaban J connectivity index is 1.68. The van der Waals surface area contributed by atoms with Gasteiger partial charge in [0.15, 0.2) is 0 Å². The Morgan fingerprint density at radius 2 is 2.06 bits per heavy atom. The summed E-state index contributed by atoms with van der Waals surface area (Å²) in [4.78, 5) is 4.31.